The minimum absolute atomic E-state index is 0.0486. The highest BCUT2D eigenvalue weighted by atomic mass is 19.3. The Hall–Kier alpha value is -2.31. The summed E-state index contributed by atoms with van der Waals surface area (Å²) in [6, 6.07) is 7.65. The number of H-pyrrole nitrogens is 1. The monoisotopic (exact) mass is 351 g/mol. The number of carbonyl (C=O) groups is 1. The Morgan fingerprint density at radius 2 is 2.00 bits per heavy atom. The van der Waals surface area contributed by atoms with E-state index in [-0.39, 0.29) is 18.5 Å². The van der Waals surface area contributed by atoms with Crippen molar-refractivity contribution in [3.63, 3.8) is 0 Å². The molecular weight excluding hydrogens is 331 g/mol. The molecule has 2 aromatic rings. The average molecular weight is 351 g/mol. The van der Waals surface area contributed by atoms with Crippen LogP contribution in [0.5, 0.6) is 0 Å². The van der Waals surface area contributed by atoms with Gasteiger partial charge in [0.15, 0.2) is 0 Å². The van der Waals surface area contributed by atoms with Crippen LogP contribution in [0.3, 0.4) is 0 Å². The van der Waals surface area contributed by atoms with Crippen molar-refractivity contribution in [3.05, 3.63) is 52.6 Å². The van der Waals surface area contributed by atoms with Gasteiger partial charge in [-0.15, -0.1) is 0 Å². The Balaban J connectivity index is 1.93. The minimum atomic E-state index is -3.01. The third-order valence-electron chi connectivity index (χ3n) is 4.44. The van der Waals surface area contributed by atoms with Gasteiger partial charge in [-0.1, -0.05) is 38.1 Å². The molecule has 0 bridgehead atoms. The zero-order valence-corrected chi connectivity index (χ0v) is 14.1. The first kappa shape index (κ1) is 17.5. The summed E-state index contributed by atoms with van der Waals surface area (Å²) in [5.74, 6) is -1.58. The number of amides is 1. The first-order valence-corrected chi connectivity index (χ1v) is 8.30. The highest BCUT2D eigenvalue weighted by molar-refractivity contribution is 5.95. The van der Waals surface area contributed by atoms with Gasteiger partial charge in [-0.3, -0.25) is 9.89 Å². The Bertz CT molecular complexity index is 769. The summed E-state index contributed by atoms with van der Waals surface area (Å²) in [7, 11) is 0. The van der Waals surface area contributed by atoms with Crippen LogP contribution < -0.4 is 0 Å². The van der Waals surface area contributed by atoms with Crippen molar-refractivity contribution in [1.29, 1.82) is 0 Å². The number of aromatic nitrogens is 2. The van der Waals surface area contributed by atoms with Crippen molar-refractivity contribution >= 4 is 5.91 Å². The molecule has 134 valence electrons. The van der Waals surface area contributed by atoms with Crippen LogP contribution in [-0.4, -0.2) is 27.0 Å². The fraction of sp³-hybridized carbons (Fsp3) is 0.444. The lowest BCUT2D eigenvalue weighted by Crippen LogP contribution is -2.34. The van der Waals surface area contributed by atoms with E-state index in [1.54, 1.807) is 0 Å². The van der Waals surface area contributed by atoms with Crippen LogP contribution in [0, 0.1) is 5.95 Å². The number of nitrogens with zero attached hydrogens (tertiary/aromatic N) is 2. The molecule has 3 rings (SSSR count). The largest absolute Gasteiger partial charge is 0.331 e. The number of hydrogen-bond donors (Lipinski definition) is 1. The summed E-state index contributed by atoms with van der Waals surface area (Å²) >= 11 is 0. The van der Waals surface area contributed by atoms with Crippen LogP contribution in [0.1, 0.15) is 66.2 Å². The smallest absolute Gasteiger partial charge is 0.283 e. The van der Waals surface area contributed by atoms with Crippen molar-refractivity contribution in [3.8, 4) is 0 Å². The van der Waals surface area contributed by atoms with E-state index in [0.717, 1.165) is 24.0 Å². The highest BCUT2D eigenvalue weighted by Gasteiger charge is 2.37. The number of alkyl halides is 2. The summed E-state index contributed by atoms with van der Waals surface area (Å²) in [5.41, 5.74) is 0.553. The van der Waals surface area contributed by atoms with Crippen LogP contribution in [0.15, 0.2) is 24.3 Å². The number of nitrogens with one attached hydrogen (secondary N) is 1. The number of carbonyl (C=O) groups excluding carboxylic acids is 1. The Kier molecular flexibility index (Phi) is 4.83. The second kappa shape index (κ2) is 6.90. The standard InChI is InChI=1S/C18H20F3N3O/c1-10(2)13-6-4-3-5-11(13)9-24(12-7-8-12)18(25)14-15(16(19)20)22-23-17(14)21/h3-6,10,12,16H,7-9H2,1-2H3,(H,22,23). The molecule has 1 fully saturated rings. The first-order chi connectivity index (χ1) is 11.9. The number of rotatable bonds is 6. The van der Waals surface area contributed by atoms with E-state index in [1.165, 1.54) is 4.90 Å². The normalized spacial score (nSPS) is 14.4. The van der Waals surface area contributed by atoms with E-state index in [4.69, 9.17) is 0 Å². The van der Waals surface area contributed by atoms with Gasteiger partial charge in [0.25, 0.3) is 12.3 Å². The van der Waals surface area contributed by atoms with E-state index < -0.39 is 29.5 Å². The molecule has 4 nitrogen and oxygen atoms in total. The topological polar surface area (TPSA) is 49.0 Å². The van der Waals surface area contributed by atoms with Gasteiger partial charge in [0, 0.05) is 12.6 Å². The zero-order chi connectivity index (χ0) is 18.1. The molecule has 0 saturated heterocycles. The van der Waals surface area contributed by atoms with E-state index in [9.17, 15) is 18.0 Å². The van der Waals surface area contributed by atoms with Gasteiger partial charge >= 0.3 is 0 Å². The number of hydrogen-bond acceptors (Lipinski definition) is 2. The van der Waals surface area contributed by atoms with Crippen molar-refractivity contribution < 1.29 is 18.0 Å². The molecule has 0 unspecified atom stereocenters. The first-order valence-electron chi connectivity index (χ1n) is 8.30. The van der Waals surface area contributed by atoms with Crippen molar-refractivity contribution in [2.45, 2.75) is 51.6 Å². The zero-order valence-electron chi connectivity index (χ0n) is 14.1. The fourth-order valence-electron chi connectivity index (χ4n) is 3.02. The lowest BCUT2D eigenvalue weighted by Gasteiger charge is -2.24. The van der Waals surface area contributed by atoms with Crippen LogP contribution in [0.25, 0.3) is 0 Å². The second-order valence-electron chi connectivity index (χ2n) is 6.62. The summed E-state index contributed by atoms with van der Waals surface area (Å²) in [6.45, 7) is 4.37. The molecule has 0 spiro atoms. The summed E-state index contributed by atoms with van der Waals surface area (Å²) in [4.78, 5) is 14.3. The second-order valence-corrected chi connectivity index (χ2v) is 6.62. The Morgan fingerprint density at radius 1 is 1.32 bits per heavy atom. The molecule has 25 heavy (non-hydrogen) atoms. The van der Waals surface area contributed by atoms with Gasteiger partial charge in [0.1, 0.15) is 11.3 Å². The van der Waals surface area contributed by atoms with Crippen molar-refractivity contribution in [1.82, 2.24) is 15.1 Å². The van der Waals surface area contributed by atoms with Gasteiger partial charge < -0.3 is 4.90 Å². The molecule has 1 aromatic heterocycles. The van der Waals surface area contributed by atoms with E-state index in [1.807, 2.05) is 43.2 Å². The molecule has 1 amide bonds. The Labute approximate surface area is 144 Å². The maximum Gasteiger partial charge on any atom is 0.283 e. The third kappa shape index (κ3) is 3.55. The maximum atomic E-state index is 13.9. The summed E-state index contributed by atoms with van der Waals surface area (Å²) < 4.78 is 40.0. The van der Waals surface area contributed by atoms with E-state index >= 15 is 0 Å². The van der Waals surface area contributed by atoms with Crippen molar-refractivity contribution in [2.75, 3.05) is 0 Å². The third-order valence-corrected chi connectivity index (χ3v) is 4.44. The molecule has 0 atom stereocenters. The fourth-order valence-corrected chi connectivity index (χ4v) is 3.02. The highest BCUT2D eigenvalue weighted by Crippen LogP contribution is 2.33. The minimum Gasteiger partial charge on any atom is -0.331 e. The lowest BCUT2D eigenvalue weighted by atomic mass is 9.97. The predicted molar refractivity (Wildman–Crippen MR) is 86.9 cm³/mol. The molecule has 1 aromatic carbocycles. The predicted octanol–water partition coefficient (Wildman–Crippen LogP) is 4.41. The SMILES string of the molecule is CC(C)c1ccccc1CN(C(=O)c1c(C(F)F)n[nH]c1F)C1CC1. The summed E-state index contributed by atoms with van der Waals surface area (Å²) in [6.07, 6.45) is -1.43. The quantitative estimate of drug-likeness (QED) is 0.838. The molecule has 7 heteroatoms. The average Bonchev–Trinajstić information content (AvgIpc) is 3.33. The van der Waals surface area contributed by atoms with Gasteiger partial charge in [0.2, 0.25) is 5.95 Å². The molecule has 0 radical (unpaired) electrons. The molecule has 1 aliphatic carbocycles. The van der Waals surface area contributed by atoms with Gasteiger partial charge in [0.05, 0.1) is 0 Å². The summed E-state index contributed by atoms with van der Waals surface area (Å²) in [5, 5.41) is 5.12. The van der Waals surface area contributed by atoms with Gasteiger partial charge in [-0.05, 0) is 29.9 Å². The molecule has 1 saturated carbocycles. The molecular formula is C18H20F3N3O. The lowest BCUT2D eigenvalue weighted by molar-refractivity contribution is 0.0712. The van der Waals surface area contributed by atoms with E-state index in [0.29, 0.717) is 0 Å². The molecule has 1 N–H and O–H groups in total. The molecule has 1 aliphatic rings. The maximum absolute atomic E-state index is 13.9. The van der Waals surface area contributed by atoms with E-state index in [2.05, 4.69) is 5.10 Å². The number of halogens is 3. The molecule has 0 aliphatic heterocycles. The number of benzene rings is 1. The van der Waals surface area contributed by atoms with Crippen LogP contribution in [0.4, 0.5) is 13.2 Å². The van der Waals surface area contributed by atoms with Gasteiger partial charge in [-0.25, -0.2) is 8.78 Å². The van der Waals surface area contributed by atoms with Crippen molar-refractivity contribution in [2.24, 2.45) is 0 Å². The van der Waals surface area contributed by atoms with Gasteiger partial charge in [-0.2, -0.15) is 9.49 Å². The number of aromatic amines is 1. The van der Waals surface area contributed by atoms with Crippen LogP contribution in [0.2, 0.25) is 0 Å². The molecule has 1 heterocycles. The Morgan fingerprint density at radius 3 is 2.60 bits per heavy atom. The van der Waals surface area contributed by atoms with Crippen LogP contribution in [-0.2, 0) is 6.54 Å². The van der Waals surface area contributed by atoms with Crippen LogP contribution >= 0.6 is 0 Å².